The van der Waals surface area contributed by atoms with Gasteiger partial charge in [-0.2, -0.15) is 11.8 Å². The predicted molar refractivity (Wildman–Crippen MR) is 75.7 cm³/mol. The molecule has 0 aliphatic rings. The molecule has 0 fully saturated rings. The molecule has 1 aromatic rings. The number of benzene rings is 1. The van der Waals surface area contributed by atoms with Crippen LogP contribution in [-0.2, 0) is 0 Å². The number of thioether (sulfide) groups is 1. The van der Waals surface area contributed by atoms with Crippen LogP contribution in [0.4, 0.5) is 0 Å². The van der Waals surface area contributed by atoms with Gasteiger partial charge in [0, 0.05) is 17.4 Å². The summed E-state index contributed by atoms with van der Waals surface area (Å²) in [4.78, 5) is 11.8. The van der Waals surface area contributed by atoms with Gasteiger partial charge in [-0.25, -0.2) is 0 Å². The van der Waals surface area contributed by atoms with Crippen molar-refractivity contribution in [1.82, 2.24) is 5.32 Å². The first-order valence-electron chi connectivity index (χ1n) is 5.41. The number of carbonyl (C=O) groups is 1. The highest BCUT2D eigenvalue weighted by atomic mass is 79.9. The Balaban J connectivity index is 2.60. The molecule has 0 bridgehead atoms. The summed E-state index contributed by atoms with van der Waals surface area (Å²) in [5.41, 5.74) is 0.471. The number of hydrogen-bond donors (Lipinski definition) is 2. The average molecular weight is 318 g/mol. The number of aromatic hydroxyl groups is 1. The minimum absolute atomic E-state index is 0.0771. The number of nitrogens with one attached hydrogen (secondary N) is 1. The number of rotatable bonds is 5. The molecule has 0 aliphatic heterocycles. The molecule has 0 aromatic heterocycles. The Morgan fingerprint density at radius 1 is 1.59 bits per heavy atom. The van der Waals surface area contributed by atoms with Crippen LogP contribution in [-0.4, -0.2) is 28.6 Å². The molecule has 5 heteroatoms. The second-order valence-corrected chi connectivity index (χ2v) is 5.87. The Hall–Kier alpha value is -0.680. The van der Waals surface area contributed by atoms with E-state index >= 15 is 0 Å². The van der Waals surface area contributed by atoms with Crippen LogP contribution in [0.2, 0.25) is 0 Å². The molecule has 0 radical (unpaired) electrons. The zero-order valence-electron chi connectivity index (χ0n) is 9.87. The molecule has 1 amide bonds. The van der Waals surface area contributed by atoms with E-state index in [4.69, 9.17) is 0 Å². The van der Waals surface area contributed by atoms with Gasteiger partial charge in [0.25, 0.3) is 5.91 Å². The van der Waals surface area contributed by atoms with Crippen molar-refractivity contribution in [3.05, 3.63) is 28.2 Å². The molecule has 0 saturated carbocycles. The molecule has 1 rings (SSSR count). The SMILES string of the molecule is CCSCC(C)NC(=O)c1ccc(Br)c(O)c1. The number of hydrogen-bond acceptors (Lipinski definition) is 3. The number of halogens is 1. The lowest BCUT2D eigenvalue weighted by Crippen LogP contribution is -2.34. The van der Waals surface area contributed by atoms with Gasteiger partial charge in [-0.1, -0.05) is 6.92 Å². The Kier molecular flexibility index (Phi) is 5.85. The van der Waals surface area contributed by atoms with Crippen LogP contribution in [0.25, 0.3) is 0 Å². The van der Waals surface area contributed by atoms with E-state index in [1.165, 1.54) is 6.07 Å². The summed E-state index contributed by atoms with van der Waals surface area (Å²) in [5, 5.41) is 12.4. The fraction of sp³-hybridized carbons (Fsp3) is 0.417. The largest absolute Gasteiger partial charge is 0.507 e. The van der Waals surface area contributed by atoms with Gasteiger partial charge in [0.1, 0.15) is 5.75 Å². The van der Waals surface area contributed by atoms with E-state index in [0.29, 0.717) is 10.0 Å². The summed E-state index contributed by atoms with van der Waals surface area (Å²) in [7, 11) is 0. The van der Waals surface area contributed by atoms with Crippen molar-refractivity contribution in [3.8, 4) is 5.75 Å². The molecule has 0 saturated heterocycles. The third-order valence-corrected chi connectivity index (χ3v) is 3.97. The van der Waals surface area contributed by atoms with Crippen LogP contribution >= 0.6 is 27.7 Å². The van der Waals surface area contributed by atoms with Crippen molar-refractivity contribution in [1.29, 1.82) is 0 Å². The highest BCUT2D eigenvalue weighted by molar-refractivity contribution is 9.10. The smallest absolute Gasteiger partial charge is 0.251 e. The van der Waals surface area contributed by atoms with E-state index in [1.807, 2.05) is 6.92 Å². The lowest BCUT2D eigenvalue weighted by Gasteiger charge is -2.13. The van der Waals surface area contributed by atoms with Gasteiger partial charge in [0.05, 0.1) is 4.47 Å². The summed E-state index contributed by atoms with van der Waals surface area (Å²) in [6.45, 7) is 4.06. The van der Waals surface area contributed by atoms with Crippen LogP contribution in [0.5, 0.6) is 5.75 Å². The Morgan fingerprint density at radius 3 is 2.88 bits per heavy atom. The lowest BCUT2D eigenvalue weighted by molar-refractivity contribution is 0.0943. The zero-order chi connectivity index (χ0) is 12.8. The standard InChI is InChI=1S/C12H16BrNO2S/c1-3-17-7-8(2)14-12(16)9-4-5-10(13)11(15)6-9/h4-6,8,15H,3,7H2,1-2H3,(H,14,16). The fourth-order valence-corrected chi connectivity index (χ4v) is 2.22. The van der Waals surface area contributed by atoms with Crippen LogP contribution in [0, 0.1) is 0 Å². The van der Waals surface area contributed by atoms with Crippen molar-refractivity contribution < 1.29 is 9.90 Å². The number of phenolic OH excluding ortho intramolecular Hbond substituents is 1. The van der Waals surface area contributed by atoms with Gasteiger partial charge in [0.15, 0.2) is 0 Å². The summed E-state index contributed by atoms with van der Waals surface area (Å²) < 4.78 is 0.587. The molecular weight excluding hydrogens is 302 g/mol. The maximum atomic E-state index is 11.8. The first kappa shape index (κ1) is 14.4. The van der Waals surface area contributed by atoms with Crippen LogP contribution in [0.3, 0.4) is 0 Å². The van der Waals surface area contributed by atoms with Gasteiger partial charge in [-0.15, -0.1) is 0 Å². The van der Waals surface area contributed by atoms with E-state index in [1.54, 1.807) is 23.9 Å². The number of amides is 1. The average Bonchev–Trinajstić information content (AvgIpc) is 2.30. The number of carbonyl (C=O) groups excluding carboxylic acids is 1. The second-order valence-electron chi connectivity index (χ2n) is 3.70. The van der Waals surface area contributed by atoms with Crippen molar-refractivity contribution in [2.24, 2.45) is 0 Å². The molecule has 17 heavy (non-hydrogen) atoms. The van der Waals surface area contributed by atoms with Gasteiger partial charge in [0.2, 0.25) is 0 Å². The number of phenols is 1. The highest BCUT2D eigenvalue weighted by Gasteiger charge is 2.11. The van der Waals surface area contributed by atoms with Crippen molar-refractivity contribution >= 4 is 33.6 Å². The lowest BCUT2D eigenvalue weighted by atomic mass is 10.2. The summed E-state index contributed by atoms with van der Waals surface area (Å²) >= 11 is 4.97. The van der Waals surface area contributed by atoms with Gasteiger partial charge < -0.3 is 10.4 Å². The minimum atomic E-state index is -0.156. The Labute approximate surface area is 114 Å². The Morgan fingerprint density at radius 2 is 2.29 bits per heavy atom. The van der Waals surface area contributed by atoms with Crippen LogP contribution in [0.15, 0.2) is 22.7 Å². The Bertz CT molecular complexity index is 398. The first-order valence-corrected chi connectivity index (χ1v) is 7.36. The summed E-state index contributed by atoms with van der Waals surface area (Å²) in [6.07, 6.45) is 0. The maximum Gasteiger partial charge on any atom is 0.251 e. The van der Waals surface area contributed by atoms with Crippen LogP contribution < -0.4 is 5.32 Å². The quantitative estimate of drug-likeness (QED) is 0.877. The molecule has 2 N–H and O–H groups in total. The monoisotopic (exact) mass is 317 g/mol. The summed E-state index contributed by atoms with van der Waals surface area (Å²) in [5.74, 6) is 1.86. The maximum absolute atomic E-state index is 11.8. The van der Waals surface area contributed by atoms with Crippen LogP contribution in [0.1, 0.15) is 24.2 Å². The van der Waals surface area contributed by atoms with Gasteiger partial charge >= 0.3 is 0 Å². The molecule has 94 valence electrons. The molecular formula is C12H16BrNO2S. The molecule has 0 heterocycles. The topological polar surface area (TPSA) is 49.3 Å². The molecule has 1 unspecified atom stereocenters. The third kappa shape index (κ3) is 4.60. The summed E-state index contributed by atoms with van der Waals surface area (Å²) in [6, 6.07) is 4.92. The molecule has 1 atom stereocenters. The van der Waals surface area contributed by atoms with Crippen molar-refractivity contribution in [2.75, 3.05) is 11.5 Å². The fourth-order valence-electron chi connectivity index (χ4n) is 1.30. The van der Waals surface area contributed by atoms with Crippen molar-refractivity contribution in [2.45, 2.75) is 19.9 Å². The van der Waals surface area contributed by atoms with E-state index in [-0.39, 0.29) is 17.7 Å². The van der Waals surface area contributed by atoms with Gasteiger partial charge in [-0.3, -0.25) is 4.79 Å². The molecule has 0 spiro atoms. The molecule has 1 aromatic carbocycles. The second kappa shape index (κ2) is 6.91. The van der Waals surface area contributed by atoms with E-state index in [9.17, 15) is 9.90 Å². The third-order valence-electron chi connectivity index (χ3n) is 2.16. The highest BCUT2D eigenvalue weighted by Crippen LogP contribution is 2.24. The zero-order valence-corrected chi connectivity index (χ0v) is 12.3. The predicted octanol–water partition coefficient (Wildman–Crippen LogP) is 3.03. The first-order chi connectivity index (χ1) is 8.04. The molecule has 3 nitrogen and oxygen atoms in total. The normalized spacial score (nSPS) is 12.2. The van der Waals surface area contributed by atoms with Crippen molar-refractivity contribution in [3.63, 3.8) is 0 Å². The minimum Gasteiger partial charge on any atom is -0.507 e. The van der Waals surface area contributed by atoms with E-state index < -0.39 is 0 Å². The van der Waals surface area contributed by atoms with E-state index in [0.717, 1.165) is 11.5 Å². The molecule has 0 aliphatic carbocycles. The van der Waals surface area contributed by atoms with E-state index in [2.05, 4.69) is 28.2 Å². The van der Waals surface area contributed by atoms with Gasteiger partial charge in [-0.05, 0) is 46.8 Å².